The fourth-order valence-corrected chi connectivity index (χ4v) is 3.36. The maximum atomic E-state index is 12.6. The van der Waals surface area contributed by atoms with E-state index in [-0.39, 0.29) is 18.4 Å². The van der Waals surface area contributed by atoms with Crippen molar-refractivity contribution in [2.24, 2.45) is 10.9 Å². The molecule has 1 heterocycles. The Morgan fingerprint density at radius 2 is 1.67 bits per heavy atom. The fraction of sp³-hybridized carbons (Fsp3) is 0.318. The monoisotopic (exact) mass is 412 g/mol. The van der Waals surface area contributed by atoms with Crippen LogP contribution in [0.25, 0.3) is 6.08 Å². The van der Waals surface area contributed by atoms with Gasteiger partial charge < -0.3 is 24.3 Å². The van der Waals surface area contributed by atoms with E-state index in [9.17, 15) is 9.59 Å². The lowest BCUT2D eigenvalue weighted by Crippen LogP contribution is -2.37. The van der Waals surface area contributed by atoms with Crippen LogP contribution in [0, 0.1) is 5.92 Å². The van der Waals surface area contributed by atoms with Crippen LogP contribution in [0.1, 0.15) is 16.8 Å². The Balaban J connectivity index is 1.76. The van der Waals surface area contributed by atoms with Crippen LogP contribution in [0.5, 0.6) is 23.0 Å². The molecule has 0 saturated carbocycles. The van der Waals surface area contributed by atoms with Gasteiger partial charge in [-0.25, -0.2) is 4.99 Å². The summed E-state index contributed by atoms with van der Waals surface area (Å²) in [7, 11) is 6.07. The Morgan fingerprint density at radius 1 is 0.967 bits per heavy atom. The van der Waals surface area contributed by atoms with Crippen molar-refractivity contribution in [1.29, 1.82) is 0 Å². The number of hydrogen-bond donors (Lipinski definition) is 1. The number of rotatable bonds is 8. The third-order valence-corrected chi connectivity index (χ3v) is 4.88. The lowest BCUT2D eigenvalue weighted by molar-refractivity contribution is -0.120. The number of hydrogen-bond acceptors (Lipinski definition) is 6. The minimum Gasteiger partial charge on any atom is -0.496 e. The second kappa shape index (κ2) is 9.30. The molecule has 0 fully saturated rings. The van der Waals surface area contributed by atoms with Crippen LogP contribution in [0.4, 0.5) is 0 Å². The van der Waals surface area contributed by atoms with Gasteiger partial charge in [-0.05, 0) is 30.7 Å². The van der Waals surface area contributed by atoms with Crippen molar-refractivity contribution in [3.05, 3.63) is 46.5 Å². The van der Waals surface area contributed by atoms with E-state index in [1.807, 2.05) is 6.08 Å². The maximum absolute atomic E-state index is 12.6. The highest BCUT2D eigenvalue weighted by molar-refractivity contribution is 5.97. The van der Waals surface area contributed by atoms with Crippen molar-refractivity contribution in [2.45, 2.75) is 6.42 Å². The Hall–Kier alpha value is -3.55. The molecule has 1 aliphatic heterocycles. The van der Waals surface area contributed by atoms with Crippen molar-refractivity contribution in [3.8, 4) is 23.0 Å². The van der Waals surface area contributed by atoms with E-state index >= 15 is 0 Å². The van der Waals surface area contributed by atoms with Gasteiger partial charge in [0.15, 0.2) is 11.5 Å². The van der Waals surface area contributed by atoms with E-state index in [4.69, 9.17) is 18.9 Å². The van der Waals surface area contributed by atoms with E-state index in [0.717, 1.165) is 0 Å². The molecule has 3 rings (SSSR count). The van der Waals surface area contributed by atoms with E-state index in [0.29, 0.717) is 45.6 Å². The molecule has 1 aliphatic rings. The molecule has 158 valence electrons. The highest BCUT2D eigenvalue weighted by atomic mass is 16.5. The molecule has 0 spiro atoms. The third-order valence-electron chi connectivity index (χ3n) is 4.88. The number of fused-ring (bicyclic) bond motifs is 1. The third kappa shape index (κ3) is 4.07. The summed E-state index contributed by atoms with van der Waals surface area (Å²) in [6.45, 7) is 0.281. The second-order valence-electron chi connectivity index (χ2n) is 6.54. The van der Waals surface area contributed by atoms with Gasteiger partial charge in [0, 0.05) is 11.8 Å². The van der Waals surface area contributed by atoms with Crippen LogP contribution in [0.15, 0.2) is 35.3 Å². The van der Waals surface area contributed by atoms with E-state index in [1.165, 1.54) is 21.3 Å². The molecule has 8 nitrogen and oxygen atoms in total. The average molecular weight is 412 g/mol. The lowest BCUT2D eigenvalue weighted by Gasteiger charge is -2.16. The standard InChI is InChI=1S/C22H24N2O6/c1-27-16-8-9-17(28-2)19-15(16)12-13(21(25)24-19)10-11-23-22(26)14-6-5-7-18(29-3)20(14)30-4/h5-9,12-13H,10-11H2,1-4H3,(H,23,26). The van der Waals surface area contributed by atoms with Crippen LogP contribution >= 0.6 is 0 Å². The average Bonchev–Trinajstić information content (AvgIpc) is 2.77. The minimum absolute atomic E-state index is 0.281. The molecule has 30 heavy (non-hydrogen) atoms. The predicted octanol–water partition coefficient (Wildman–Crippen LogP) is 1.10. The van der Waals surface area contributed by atoms with Gasteiger partial charge in [0.2, 0.25) is 0 Å². The van der Waals surface area contributed by atoms with Gasteiger partial charge in [0.05, 0.1) is 39.9 Å². The number of methoxy groups -OCH3 is 4. The maximum Gasteiger partial charge on any atom is 0.255 e. The van der Waals surface area contributed by atoms with Crippen LogP contribution in [0.2, 0.25) is 0 Å². The second-order valence-corrected chi connectivity index (χ2v) is 6.54. The number of carbonyl (C=O) groups excluding carboxylic acids is 2. The first-order chi connectivity index (χ1) is 14.5. The Morgan fingerprint density at radius 3 is 2.33 bits per heavy atom. The van der Waals surface area contributed by atoms with Crippen molar-refractivity contribution < 1.29 is 28.5 Å². The molecule has 2 aromatic carbocycles. The van der Waals surface area contributed by atoms with Crippen molar-refractivity contribution in [1.82, 2.24) is 5.32 Å². The first-order valence-corrected chi connectivity index (χ1v) is 9.38. The summed E-state index contributed by atoms with van der Waals surface area (Å²) in [6.07, 6.45) is 2.20. The largest absolute Gasteiger partial charge is 0.496 e. The Bertz CT molecular complexity index is 1080. The minimum atomic E-state index is -0.481. The van der Waals surface area contributed by atoms with Crippen LogP contribution < -0.4 is 34.8 Å². The summed E-state index contributed by atoms with van der Waals surface area (Å²) >= 11 is 0. The molecule has 0 aliphatic carbocycles. The summed E-state index contributed by atoms with van der Waals surface area (Å²) in [6, 6.07) is 8.56. The van der Waals surface area contributed by atoms with E-state index in [2.05, 4.69) is 10.3 Å². The molecule has 0 bridgehead atoms. The Kier molecular flexibility index (Phi) is 6.56. The molecule has 2 amide bonds. The first-order valence-electron chi connectivity index (χ1n) is 9.38. The number of para-hydroxylation sites is 1. The van der Waals surface area contributed by atoms with Crippen molar-refractivity contribution in [2.75, 3.05) is 35.0 Å². The molecule has 1 N–H and O–H groups in total. The summed E-state index contributed by atoms with van der Waals surface area (Å²) in [5.41, 5.74) is 0.359. The Labute approximate surface area is 174 Å². The van der Waals surface area contributed by atoms with Gasteiger partial charge in [0.25, 0.3) is 11.8 Å². The quantitative estimate of drug-likeness (QED) is 0.698. The predicted molar refractivity (Wildman–Crippen MR) is 110 cm³/mol. The summed E-state index contributed by atoms with van der Waals surface area (Å²) in [4.78, 5) is 29.3. The molecule has 2 aromatic rings. The highest BCUT2D eigenvalue weighted by Crippen LogP contribution is 2.30. The summed E-state index contributed by atoms with van der Waals surface area (Å²) in [5.74, 6) is 0.860. The molecular formula is C22H24N2O6. The lowest BCUT2D eigenvalue weighted by atomic mass is 9.99. The van der Waals surface area contributed by atoms with Crippen molar-refractivity contribution >= 4 is 17.9 Å². The molecule has 1 atom stereocenters. The number of ether oxygens (including phenoxy) is 4. The highest BCUT2D eigenvalue weighted by Gasteiger charge is 2.22. The van der Waals surface area contributed by atoms with Crippen molar-refractivity contribution in [3.63, 3.8) is 0 Å². The smallest absolute Gasteiger partial charge is 0.255 e. The van der Waals surface area contributed by atoms with Gasteiger partial charge in [-0.3, -0.25) is 9.59 Å². The van der Waals surface area contributed by atoms with Crippen LogP contribution in [0.3, 0.4) is 0 Å². The molecule has 0 radical (unpaired) electrons. The fourth-order valence-electron chi connectivity index (χ4n) is 3.36. The number of amides is 2. The SMILES string of the molecule is COc1cccc(C(=O)NCCC2C=c3c(OC)ccc(OC)c3=NC2=O)c1OC. The van der Waals surface area contributed by atoms with E-state index in [1.54, 1.807) is 37.4 Å². The number of nitrogens with zero attached hydrogens (tertiary/aromatic N) is 1. The zero-order valence-electron chi connectivity index (χ0n) is 17.4. The molecule has 0 saturated heterocycles. The molecule has 8 heteroatoms. The zero-order chi connectivity index (χ0) is 21.7. The molecular weight excluding hydrogens is 388 g/mol. The van der Waals surface area contributed by atoms with Gasteiger partial charge in [-0.2, -0.15) is 0 Å². The molecule has 1 unspecified atom stereocenters. The van der Waals surface area contributed by atoms with E-state index < -0.39 is 5.92 Å². The zero-order valence-corrected chi connectivity index (χ0v) is 17.4. The van der Waals surface area contributed by atoms with Gasteiger partial charge >= 0.3 is 0 Å². The number of nitrogens with one attached hydrogen (secondary N) is 1. The number of benzene rings is 2. The number of carbonyl (C=O) groups is 2. The normalized spacial score (nSPS) is 14.7. The summed E-state index contributed by atoms with van der Waals surface area (Å²) < 4.78 is 21.2. The van der Waals surface area contributed by atoms with Crippen LogP contribution in [-0.4, -0.2) is 46.8 Å². The van der Waals surface area contributed by atoms with Gasteiger partial charge in [0.1, 0.15) is 16.9 Å². The first kappa shape index (κ1) is 21.2. The molecule has 0 aromatic heterocycles. The topological polar surface area (TPSA) is 95.5 Å². The van der Waals surface area contributed by atoms with Gasteiger partial charge in [-0.1, -0.05) is 12.1 Å². The summed E-state index contributed by atoms with van der Waals surface area (Å²) in [5, 5.41) is 4.00. The van der Waals surface area contributed by atoms with Crippen LogP contribution in [-0.2, 0) is 4.79 Å². The van der Waals surface area contributed by atoms with Gasteiger partial charge in [-0.15, -0.1) is 0 Å².